The van der Waals surface area contributed by atoms with Gasteiger partial charge in [0.1, 0.15) is 0 Å². The molecular formula is C13H24N2O. The van der Waals surface area contributed by atoms with Crippen molar-refractivity contribution in [2.24, 2.45) is 5.41 Å². The van der Waals surface area contributed by atoms with Crippen LogP contribution in [0.1, 0.15) is 52.4 Å². The Labute approximate surface area is 98.4 Å². The zero-order valence-electron chi connectivity index (χ0n) is 10.6. The van der Waals surface area contributed by atoms with Crippen molar-refractivity contribution in [3.63, 3.8) is 0 Å². The van der Waals surface area contributed by atoms with Gasteiger partial charge in [-0.05, 0) is 39.2 Å². The molecule has 1 saturated heterocycles. The van der Waals surface area contributed by atoms with E-state index in [-0.39, 0.29) is 16.9 Å². The van der Waals surface area contributed by atoms with Gasteiger partial charge < -0.3 is 10.6 Å². The number of nitrogens with one attached hydrogen (secondary N) is 2. The highest BCUT2D eigenvalue weighted by molar-refractivity contribution is 5.82. The molecule has 92 valence electrons. The van der Waals surface area contributed by atoms with E-state index in [4.69, 9.17) is 0 Å². The molecule has 3 heteroatoms. The zero-order valence-corrected chi connectivity index (χ0v) is 10.6. The lowest BCUT2D eigenvalue weighted by Crippen LogP contribution is -2.50. The van der Waals surface area contributed by atoms with Crippen LogP contribution in [0.4, 0.5) is 0 Å². The van der Waals surface area contributed by atoms with Crippen molar-refractivity contribution in [1.82, 2.24) is 10.6 Å². The molecule has 2 fully saturated rings. The average Bonchev–Trinajstić information content (AvgIpc) is 2.86. The topological polar surface area (TPSA) is 41.1 Å². The van der Waals surface area contributed by atoms with Gasteiger partial charge in [0.05, 0.1) is 0 Å². The van der Waals surface area contributed by atoms with Gasteiger partial charge in [-0.25, -0.2) is 0 Å². The Hall–Kier alpha value is -0.570. The summed E-state index contributed by atoms with van der Waals surface area (Å²) in [6.45, 7) is 6.18. The fraction of sp³-hybridized carbons (Fsp3) is 0.923. The van der Waals surface area contributed by atoms with Crippen LogP contribution in [0.25, 0.3) is 0 Å². The van der Waals surface area contributed by atoms with Gasteiger partial charge in [0.2, 0.25) is 5.91 Å². The molecule has 0 aromatic rings. The molecule has 1 atom stereocenters. The quantitative estimate of drug-likeness (QED) is 0.768. The molecule has 16 heavy (non-hydrogen) atoms. The normalized spacial score (nSPS) is 32.9. The minimum atomic E-state index is -0.0883. The SMILES string of the molecule is CC1(CNC(=O)C2(C)CCCC2)CCCN1. The predicted molar refractivity (Wildman–Crippen MR) is 65.2 cm³/mol. The number of hydrogen-bond acceptors (Lipinski definition) is 2. The van der Waals surface area contributed by atoms with E-state index in [0.717, 1.165) is 25.9 Å². The van der Waals surface area contributed by atoms with Crippen LogP contribution in [-0.4, -0.2) is 24.5 Å². The van der Waals surface area contributed by atoms with E-state index in [1.54, 1.807) is 0 Å². The van der Waals surface area contributed by atoms with E-state index in [0.29, 0.717) is 0 Å². The first-order chi connectivity index (χ1) is 7.54. The number of amides is 1. The van der Waals surface area contributed by atoms with Gasteiger partial charge >= 0.3 is 0 Å². The molecule has 2 aliphatic rings. The van der Waals surface area contributed by atoms with E-state index in [9.17, 15) is 4.79 Å². The first kappa shape index (κ1) is 11.9. The summed E-state index contributed by atoms with van der Waals surface area (Å²) < 4.78 is 0. The third kappa shape index (κ3) is 2.40. The minimum Gasteiger partial charge on any atom is -0.354 e. The lowest BCUT2D eigenvalue weighted by atomic mass is 9.87. The number of carbonyl (C=O) groups is 1. The van der Waals surface area contributed by atoms with Crippen LogP contribution in [0.2, 0.25) is 0 Å². The van der Waals surface area contributed by atoms with Crippen LogP contribution in [0.3, 0.4) is 0 Å². The molecule has 3 nitrogen and oxygen atoms in total. The summed E-state index contributed by atoms with van der Waals surface area (Å²) in [4.78, 5) is 12.1. The largest absolute Gasteiger partial charge is 0.354 e. The van der Waals surface area contributed by atoms with E-state index in [1.165, 1.54) is 25.7 Å². The van der Waals surface area contributed by atoms with Crippen molar-refractivity contribution >= 4 is 5.91 Å². The van der Waals surface area contributed by atoms with Gasteiger partial charge in [-0.3, -0.25) is 4.79 Å². The van der Waals surface area contributed by atoms with Crippen molar-refractivity contribution in [1.29, 1.82) is 0 Å². The summed E-state index contributed by atoms with van der Waals surface area (Å²) >= 11 is 0. The molecule has 1 saturated carbocycles. The summed E-state index contributed by atoms with van der Waals surface area (Å²) in [5.74, 6) is 0.264. The van der Waals surface area contributed by atoms with E-state index in [2.05, 4.69) is 24.5 Å². The summed E-state index contributed by atoms with van der Waals surface area (Å²) in [6, 6.07) is 0. The summed E-state index contributed by atoms with van der Waals surface area (Å²) in [5.41, 5.74) is 0.0413. The van der Waals surface area contributed by atoms with Crippen LogP contribution >= 0.6 is 0 Å². The standard InChI is InChI=1S/C13H24N2O/c1-12(6-3-4-7-12)11(16)14-10-13(2)8-5-9-15-13/h15H,3-10H2,1-2H3,(H,14,16). The van der Waals surface area contributed by atoms with Crippen LogP contribution in [0, 0.1) is 5.41 Å². The van der Waals surface area contributed by atoms with Gasteiger partial charge in [-0.1, -0.05) is 19.8 Å². The summed E-state index contributed by atoms with van der Waals surface area (Å²) in [5, 5.41) is 6.62. The van der Waals surface area contributed by atoms with Crippen molar-refractivity contribution in [3.05, 3.63) is 0 Å². The molecule has 1 amide bonds. The average molecular weight is 224 g/mol. The second kappa shape index (κ2) is 4.36. The Morgan fingerprint density at radius 1 is 1.19 bits per heavy atom. The lowest BCUT2D eigenvalue weighted by Gasteiger charge is -2.28. The predicted octanol–water partition coefficient (Wildman–Crippen LogP) is 1.82. The Balaban J connectivity index is 1.83. The molecule has 2 rings (SSSR count). The highest BCUT2D eigenvalue weighted by Gasteiger charge is 2.37. The maximum atomic E-state index is 12.1. The third-order valence-electron chi connectivity index (χ3n) is 4.35. The highest BCUT2D eigenvalue weighted by atomic mass is 16.2. The van der Waals surface area contributed by atoms with Crippen molar-refractivity contribution in [2.75, 3.05) is 13.1 Å². The van der Waals surface area contributed by atoms with Crippen LogP contribution in [-0.2, 0) is 4.79 Å². The van der Waals surface area contributed by atoms with Gasteiger partial charge in [-0.15, -0.1) is 0 Å². The lowest BCUT2D eigenvalue weighted by molar-refractivity contribution is -0.130. The van der Waals surface area contributed by atoms with Gasteiger partial charge in [-0.2, -0.15) is 0 Å². The van der Waals surface area contributed by atoms with Gasteiger partial charge in [0, 0.05) is 17.5 Å². The summed E-state index contributed by atoms with van der Waals surface area (Å²) in [6.07, 6.45) is 6.93. The second-order valence-electron chi connectivity index (χ2n) is 6.04. The van der Waals surface area contributed by atoms with Crippen molar-refractivity contribution in [2.45, 2.75) is 57.9 Å². The van der Waals surface area contributed by atoms with Crippen molar-refractivity contribution < 1.29 is 4.79 Å². The Kier molecular flexibility index (Phi) is 3.24. The highest BCUT2D eigenvalue weighted by Crippen LogP contribution is 2.37. The fourth-order valence-corrected chi connectivity index (χ4v) is 2.98. The summed E-state index contributed by atoms with van der Waals surface area (Å²) in [7, 11) is 0. The zero-order chi connectivity index (χ0) is 11.6. The van der Waals surface area contributed by atoms with Gasteiger partial charge in [0.25, 0.3) is 0 Å². The van der Waals surface area contributed by atoms with E-state index >= 15 is 0 Å². The molecule has 1 aliphatic heterocycles. The van der Waals surface area contributed by atoms with Crippen molar-refractivity contribution in [3.8, 4) is 0 Å². The van der Waals surface area contributed by atoms with E-state index in [1.807, 2.05) is 0 Å². The molecule has 0 spiro atoms. The first-order valence-corrected chi connectivity index (χ1v) is 6.58. The molecule has 0 aromatic carbocycles. The number of rotatable bonds is 3. The molecule has 0 radical (unpaired) electrons. The van der Waals surface area contributed by atoms with E-state index < -0.39 is 0 Å². The molecule has 0 bridgehead atoms. The van der Waals surface area contributed by atoms with Crippen LogP contribution in [0.15, 0.2) is 0 Å². The van der Waals surface area contributed by atoms with Crippen LogP contribution < -0.4 is 10.6 Å². The maximum absolute atomic E-state index is 12.1. The van der Waals surface area contributed by atoms with Gasteiger partial charge in [0.15, 0.2) is 0 Å². The minimum absolute atomic E-state index is 0.0883. The Morgan fingerprint density at radius 2 is 1.88 bits per heavy atom. The maximum Gasteiger partial charge on any atom is 0.226 e. The smallest absolute Gasteiger partial charge is 0.226 e. The first-order valence-electron chi connectivity index (χ1n) is 6.58. The van der Waals surface area contributed by atoms with Crippen LogP contribution in [0.5, 0.6) is 0 Å². The molecular weight excluding hydrogens is 200 g/mol. The second-order valence-corrected chi connectivity index (χ2v) is 6.04. The fourth-order valence-electron chi connectivity index (χ4n) is 2.98. The Bertz CT molecular complexity index is 263. The monoisotopic (exact) mass is 224 g/mol. The Morgan fingerprint density at radius 3 is 2.44 bits per heavy atom. The number of hydrogen-bond donors (Lipinski definition) is 2. The molecule has 1 unspecified atom stereocenters. The molecule has 0 aromatic heterocycles. The number of carbonyl (C=O) groups excluding carboxylic acids is 1. The molecule has 2 N–H and O–H groups in total. The third-order valence-corrected chi connectivity index (χ3v) is 4.35. The molecule has 1 aliphatic carbocycles. The molecule has 1 heterocycles.